The highest BCUT2D eigenvalue weighted by molar-refractivity contribution is 14.0. The lowest BCUT2D eigenvalue weighted by Crippen LogP contribution is -2.36. The fourth-order valence-electron chi connectivity index (χ4n) is 3.32. The van der Waals surface area contributed by atoms with E-state index in [9.17, 15) is 4.39 Å². The molecule has 2 N–H and O–H groups in total. The lowest BCUT2D eigenvalue weighted by molar-refractivity contribution is 0.450. The van der Waals surface area contributed by atoms with Crippen molar-refractivity contribution in [2.75, 3.05) is 7.05 Å². The molecule has 0 amide bonds. The van der Waals surface area contributed by atoms with Gasteiger partial charge in [0, 0.05) is 50.4 Å². The molecule has 9 heteroatoms. The standard InChI is InChI=1S/C25H25FN6O.HI/c1-27-25(29-16-19-7-2-3-8-21(19)18-32-14-6-13-31-32)30-17-20-9-5-12-28-24(20)33-23-11-4-10-22(26)15-23;/h2-15H,16-18H2,1H3,(H2,27,29,30);1H. The normalized spacial score (nSPS) is 10.9. The van der Waals surface area contributed by atoms with Crippen molar-refractivity contribution in [2.45, 2.75) is 19.6 Å². The Bertz CT molecular complexity index is 1220. The first-order chi connectivity index (χ1) is 16.2. The van der Waals surface area contributed by atoms with Gasteiger partial charge in [0.05, 0.1) is 6.54 Å². The van der Waals surface area contributed by atoms with Gasteiger partial charge in [0.15, 0.2) is 5.96 Å². The minimum atomic E-state index is -0.361. The number of aromatic nitrogens is 3. The van der Waals surface area contributed by atoms with Gasteiger partial charge in [0.2, 0.25) is 5.88 Å². The largest absolute Gasteiger partial charge is 0.439 e. The van der Waals surface area contributed by atoms with E-state index >= 15 is 0 Å². The van der Waals surface area contributed by atoms with Crippen LogP contribution in [-0.4, -0.2) is 27.8 Å². The number of benzene rings is 2. The van der Waals surface area contributed by atoms with Crippen molar-refractivity contribution in [3.63, 3.8) is 0 Å². The SMILES string of the molecule is CN=C(NCc1ccccc1Cn1cccn1)NCc1cccnc1Oc1cccc(F)c1.I. The second-order valence-corrected chi connectivity index (χ2v) is 7.28. The summed E-state index contributed by atoms with van der Waals surface area (Å²) in [5.74, 6) is 1.09. The number of pyridine rings is 1. The summed E-state index contributed by atoms with van der Waals surface area (Å²) in [5, 5.41) is 10.9. The van der Waals surface area contributed by atoms with E-state index in [1.54, 1.807) is 31.6 Å². The molecule has 0 aliphatic carbocycles. The molecule has 0 bridgehead atoms. The smallest absolute Gasteiger partial charge is 0.224 e. The van der Waals surface area contributed by atoms with Gasteiger partial charge in [0.1, 0.15) is 11.6 Å². The fraction of sp³-hybridized carbons (Fsp3) is 0.160. The molecule has 4 rings (SSSR count). The average molecular weight is 572 g/mol. The number of rotatable bonds is 8. The Labute approximate surface area is 215 Å². The highest BCUT2D eigenvalue weighted by atomic mass is 127. The topological polar surface area (TPSA) is 76.4 Å². The summed E-state index contributed by atoms with van der Waals surface area (Å²) in [6.07, 6.45) is 5.36. The maximum atomic E-state index is 13.5. The second kappa shape index (κ2) is 12.7. The number of nitrogens with zero attached hydrogens (tertiary/aromatic N) is 4. The first kappa shape index (κ1) is 25.2. The summed E-state index contributed by atoms with van der Waals surface area (Å²) < 4.78 is 21.2. The zero-order valence-electron chi connectivity index (χ0n) is 18.7. The van der Waals surface area contributed by atoms with Crippen molar-refractivity contribution in [1.29, 1.82) is 0 Å². The molecule has 0 atom stereocenters. The van der Waals surface area contributed by atoms with Gasteiger partial charge < -0.3 is 15.4 Å². The minimum Gasteiger partial charge on any atom is -0.439 e. The first-order valence-electron chi connectivity index (χ1n) is 10.6. The lowest BCUT2D eigenvalue weighted by atomic mass is 10.1. The van der Waals surface area contributed by atoms with Gasteiger partial charge in [-0.3, -0.25) is 9.67 Å². The third kappa shape index (κ3) is 7.01. The molecule has 176 valence electrons. The van der Waals surface area contributed by atoms with E-state index in [-0.39, 0.29) is 29.8 Å². The summed E-state index contributed by atoms with van der Waals surface area (Å²) in [6, 6.07) is 19.9. The van der Waals surface area contributed by atoms with E-state index in [4.69, 9.17) is 4.74 Å². The molecular weight excluding hydrogens is 546 g/mol. The van der Waals surface area contributed by atoms with Crippen LogP contribution in [0.4, 0.5) is 4.39 Å². The Kier molecular flexibility index (Phi) is 9.39. The summed E-state index contributed by atoms with van der Waals surface area (Å²) >= 11 is 0. The third-order valence-corrected chi connectivity index (χ3v) is 4.99. The maximum absolute atomic E-state index is 13.5. The minimum absolute atomic E-state index is 0. The van der Waals surface area contributed by atoms with Crippen LogP contribution in [0.1, 0.15) is 16.7 Å². The molecule has 0 aliphatic heterocycles. The Balaban J connectivity index is 0.00000324. The number of hydrogen-bond acceptors (Lipinski definition) is 4. The van der Waals surface area contributed by atoms with E-state index < -0.39 is 0 Å². The molecule has 7 nitrogen and oxygen atoms in total. The van der Waals surface area contributed by atoms with E-state index in [0.29, 0.717) is 37.2 Å². The Hall–Kier alpha value is -3.47. The summed E-state index contributed by atoms with van der Waals surface area (Å²) in [7, 11) is 1.72. The maximum Gasteiger partial charge on any atom is 0.224 e. The summed E-state index contributed by atoms with van der Waals surface area (Å²) in [4.78, 5) is 8.61. The molecule has 0 aliphatic rings. The van der Waals surface area contributed by atoms with Crippen molar-refractivity contribution in [3.05, 3.63) is 108 Å². The van der Waals surface area contributed by atoms with Gasteiger partial charge in [-0.05, 0) is 35.4 Å². The number of hydrogen-bond donors (Lipinski definition) is 2. The van der Waals surface area contributed by atoms with Crippen molar-refractivity contribution in [3.8, 4) is 11.6 Å². The van der Waals surface area contributed by atoms with Crippen LogP contribution in [0.5, 0.6) is 11.6 Å². The molecule has 2 aromatic carbocycles. The predicted octanol–water partition coefficient (Wildman–Crippen LogP) is 4.74. The molecule has 2 aromatic heterocycles. The number of halogens is 2. The van der Waals surface area contributed by atoms with E-state index in [1.807, 2.05) is 41.2 Å². The molecule has 34 heavy (non-hydrogen) atoms. The van der Waals surface area contributed by atoms with Crippen LogP contribution in [-0.2, 0) is 19.6 Å². The Morgan fingerprint density at radius 3 is 2.44 bits per heavy atom. The van der Waals surface area contributed by atoms with Gasteiger partial charge in [-0.15, -0.1) is 24.0 Å². The Morgan fingerprint density at radius 2 is 1.71 bits per heavy atom. The fourth-order valence-corrected chi connectivity index (χ4v) is 3.32. The summed E-state index contributed by atoms with van der Waals surface area (Å²) in [6.45, 7) is 1.75. The zero-order valence-corrected chi connectivity index (χ0v) is 21.0. The third-order valence-electron chi connectivity index (χ3n) is 4.99. The highest BCUT2D eigenvalue weighted by Crippen LogP contribution is 2.23. The van der Waals surface area contributed by atoms with E-state index in [2.05, 4.69) is 37.8 Å². The van der Waals surface area contributed by atoms with Crippen LogP contribution >= 0.6 is 24.0 Å². The molecule has 0 radical (unpaired) electrons. The second-order valence-electron chi connectivity index (χ2n) is 7.28. The molecule has 0 unspecified atom stereocenters. The van der Waals surface area contributed by atoms with Gasteiger partial charge in [-0.2, -0.15) is 5.10 Å². The van der Waals surface area contributed by atoms with Crippen LogP contribution in [0.2, 0.25) is 0 Å². The van der Waals surface area contributed by atoms with Crippen LogP contribution in [0.25, 0.3) is 0 Å². The summed E-state index contributed by atoms with van der Waals surface area (Å²) in [5.41, 5.74) is 3.17. The number of aliphatic imine (C=N–C) groups is 1. The van der Waals surface area contributed by atoms with Crippen LogP contribution in [0.15, 0.2) is 90.3 Å². The molecular formula is C25H26FIN6O. The van der Waals surface area contributed by atoms with Crippen molar-refractivity contribution in [2.24, 2.45) is 4.99 Å². The number of guanidine groups is 1. The highest BCUT2D eigenvalue weighted by Gasteiger charge is 2.09. The lowest BCUT2D eigenvalue weighted by Gasteiger charge is -2.15. The predicted molar refractivity (Wildman–Crippen MR) is 141 cm³/mol. The molecule has 4 aromatic rings. The van der Waals surface area contributed by atoms with Gasteiger partial charge in [-0.1, -0.05) is 36.4 Å². The molecule has 0 fully saturated rings. The molecule has 0 spiro atoms. The van der Waals surface area contributed by atoms with Crippen LogP contribution < -0.4 is 15.4 Å². The Morgan fingerprint density at radius 1 is 0.941 bits per heavy atom. The quantitative estimate of drug-likeness (QED) is 0.181. The zero-order chi connectivity index (χ0) is 22.9. The first-order valence-corrected chi connectivity index (χ1v) is 10.6. The average Bonchev–Trinajstić information content (AvgIpc) is 3.34. The van der Waals surface area contributed by atoms with Crippen molar-refractivity contribution >= 4 is 29.9 Å². The van der Waals surface area contributed by atoms with Gasteiger partial charge in [0.25, 0.3) is 0 Å². The number of nitrogens with one attached hydrogen (secondary N) is 2. The molecule has 0 saturated heterocycles. The monoisotopic (exact) mass is 572 g/mol. The van der Waals surface area contributed by atoms with Crippen LogP contribution in [0.3, 0.4) is 0 Å². The number of ether oxygens (including phenoxy) is 1. The van der Waals surface area contributed by atoms with Gasteiger partial charge in [-0.25, -0.2) is 9.37 Å². The molecule has 0 saturated carbocycles. The van der Waals surface area contributed by atoms with Crippen molar-refractivity contribution < 1.29 is 9.13 Å². The molecule has 2 heterocycles. The van der Waals surface area contributed by atoms with Crippen LogP contribution in [0, 0.1) is 5.82 Å². The van der Waals surface area contributed by atoms with Gasteiger partial charge >= 0.3 is 0 Å². The van der Waals surface area contributed by atoms with E-state index in [0.717, 1.165) is 11.1 Å². The van der Waals surface area contributed by atoms with E-state index in [1.165, 1.54) is 17.7 Å². The van der Waals surface area contributed by atoms with Crippen molar-refractivity contribution in [1.82, 2.24) is 25.4 Å².